The molecule has 0 aliphatic carbocycles. The van der Waals surface area contributed by atoms with Gasteiger partial charge in [0.05, 0.1) is 5.69 Å². The van der Waals surface area contributed by atoms with Crippen LogP contribution in [-0.2, 0) is 6.42 Å². The average Bonchev–Trinajstić information content (AvgIpc) is 2.73. The number of aromatic nitrogens is 1. The van der Waals surface area contributed by atoms with Gasteiger partial charge in [-0.3, -0.25) is 0 Å². The summed E-state index contributed by atoms with van der Waals surface area (Å²) in [5.74, 6) is -0.876. The Morgan fingerprint density at radius 2 is 1.95 bits per heavy atom. The van der Waals surface area contributed by atoms with E-state index in [2.05, 4.69) is 4.98 Å². The lowest BCUT2D eigenvalue weighted by molar-refractivity contribution is 0.0700. The summed E-state index contributed by atoms with van der Waals surface area (Å²) in [6.07, 6.45) is 1.61. The van der Waals surface area contributed by atoms with Crippen molar-refractivity contribution in [2.24, 2.45) is 0 Å². The van der Waals surface area contributed by atoms with Crippen LogP contribution >= 0.6 is 11.3 Å². The Bertz CT molecular complexity index is 596. The average molecular weight is 275 g/mol. The summed E-state index contributed by atoms with van der Waals surface area (Å²) in [6, 6.07) is 6.07. The maximum atomic E-state index is 11.3. The van der Waals surface area contributed by atoms with Crippen LogP contribution < -0.4 is 0 Å². The highest BCUT2D eigenvalue weighted by molar-refractivity contribution is 7.17. The molecule has 0 saturated carbocycles. The SMILES string of the molecule is CCCc1nc(-c2c(C)cccc2C)sc1C(=O)O. The molecule has 1 aromatic carbocycles. The third-order valence-electron chi connectivity index (χ3n) is 3.07. The van der Waals surface area contributed by atoms with Crippen LogP contribution in [0.25, 0.3) is 10.6 Å². The Kier molecular flexibility index (Phi) is 4.00. The molecule has 1 N–H and O–H groups in total. The van der Waals surface area contributed by atoms with Crippen LogP contribution in [0.1, 0.15) is 39.8 Å². The largest absolute Gasteiger partial charge is 0.477 e. The van der Waals surface area contributed by atoms with Crippen molar-refractivity contribution >= 4 is 17.3 Å². The van der Waals surface area contributed by atoms with E-state index >= 15 is 0 Å². The molecule has 0 spiro atoms. The van der Waals surface area contributed by atoms with Crippen molar-refractivity contribution in [2.45, 2.75) is 33.6 Å². The molecule has 1 heterocycles. The van der Waals surface area contributed by atoms with Gasteiger partial charge in [-0.25, -0.2) is 9.78 Å². The monoisotopic (exact) mass is 275 g/mol. The van der Waals surface area contributed by atoms with E-state index in [1.54, 1.807) is 0 Å². The lowest BCUT2D eigenvalue weighted by Gasteiger charge is -2.05. The molecule has 19 heavy (non-hydrogen) atoms. The summed E-state index contributed by atoms with van der Waals surface area (Å²) in [4.78, 5) is 16.2. The van der Waals surface area contributed by atoms with Gasteiger partial charge in [0.25, 0.3) is 0 Å². The van der Waals surface area contributed by atoms with Crippen molar-refractivity contribution < 1.29 is 9.90 Å². The van der Waals surface area contributed by atoms with E-state index in [0.29, 0.717) is 17.0 Å². The zero-order chi connectivity index (χ0) is 14.0. The molecule has 0 aliphatic heterocycles. The van der Waals surface area contributed by atoms with Crippen LogP contribution in [-0.4, -0.2) is 16.1 Å². The van der Waals surface area contributed by atoms with Crippen molar-refractivity contribution in [3.63, 3.8) is 0 Å². The quantitative estimate of drug-likeness (QED) is 0.914. The highest BCUT2D eigenvalue weighted by Crippen LogP contribution is 2.33. The van der Waals surface area contributed by atoms with Gasteiger partial charge in [0, 0.05) is 5.56 Å². The lowest BCUT2D eigenvalue weighted by Crippen LogP contribution is -1.98. The van der Waals surface area contributed by atoms with Gasteiger partial charge in [-0.05, 0) is 31.4 Å². The van der Waals surface area contributed by atoms with Crippen LogP contribution in [0.3, 0.4) is 0 Å². The zero-order valence-corrected chi connectivity index (χ0v) is 12.2. The zero-order valence-electron chi connectivity index (χ0n) is 11.4. The van der Waals surface area contributed by atoms with Crippen molar-refractivity contribution in [3.05, 3.63) is 39.9 Å². The first-order chi connectivity index (χ1) is 9.04. The molecule has 0 atom stereocenters. The summed E-state index contributed by atoms with van der Waals surface area (Å²) in [7, 11) is 0. The highest BCUT2D eigenvalue weighted by atomic mass is 32.1. The number of rotatable bonds is 4. The first-order valence-electron chi connectivity index (χ1n) is 6.34. The van der Waals surface area contributed by atoms with Gasteiger partial charge in [0.15, 0.2) is 0 Å². The number of thiazole rings is 1. The Morgan fingerprint density at radius 1 is 1.32 bits per heavy atom. The summed E-state index contributed by atoms with van der Waals surface area (Å²) in [5, 5.41) is 10.1. The van der Waals surface area contributed by atoms with E-state index < -0.39 is 5.97 Å². The summed E-state index contributed by atoms with van der Waals surface area (Å²) in [5.41, 5.74) is 4.04. The maximum Gasteiger partial charge on any atom is 0.347 e. The standard InChI is InChI=1S/C15H17NO2S/c1-4-6-11-13(15(17)18)19-14(16-11)12-9(2)7-5-8-10(12)3/h5,7-8H,4,6H2,1-3H3,(H,17,18). The number of nitrogens with zero attached hydrogens (tertiary/aromatic N) is 1. The fraction of sp³-hybridized carbons (Fsp3) is 0.333. The topological polar surface area (TPSA) is 50.2 Å². The molecule has 2 rings (SSSR count). The number of hydrogen-bond acceptors (Lipinski definition) is 3. The number of carboxylic acid groups (broad SMARTS) is 1. The highest BCUT2D eigenvalue weighted by Gasteiger charge is 2.19. The number of aryl methyl sites for hydroxylation is 3. The second-order valence-corrected chi connectivity index (χ2v) is 5.62. The first-order valence-corrected chi connectivity index (χ1v) is 7.15. The second-order valence-electron chi connectivity index (χ2n) is 4.62. The van der Waals surface area contributed by atoms with Crippen LogP contribution in [0.15, 0.2) is 18.2 Å². The molecule has 0 saturated heterocycles. The predicted octanol–water partition coefficient (Wildman–Crippen LogP) is 4.08. The molecule has 1 aromatic heterocycles. The van der Waals surface area contributed by atoms with E-state index in [0.717, 1.165) is 28.1 Å². The van der Waals surface area contributed by atoms with Crippen molar-refractivity contribution in [1.29, 1.82) is 0 Å². The predicted molar refractivity (Wildman–Crippen MR) is 78.0 cm³/mol. The maximum absolute atomic E-state index is 11.3. The number of benzene rings is 1. The first kappa shape index (κ1) is 13.7. The summed E-state index contributed by atoms with van der Waals surface area (Å²) >= 11 is 1.28. The molecule has 3 nitrogen and oxygen atoms in total. The van der Waals surface area contributed by atoms with Crippen molar-refractivity contribution in [2.75, 3.05) is 0 Å². The lowest BCUT2D eigenvalue weighted by atomic mass is 10.0. The minimum Gasteiger partial charge on any atom is -0.477 e. The fourth-order valence-corrected chi connectivity index (χ4v) is 3.31. The minimum absolute atomic E-state index is 0.375. The smallest absolute Gasteiger partial charge is 0.347 e. The number of hydrogen-bond donors (Lipinski definition) is 1. The number of carbonyl (C=O) groups is 1. The molecule has 0 radical (unpaired) electrons. The van der Waals surface area contributed by atoms with Gasteiger partial charge in [-0.2, -0.15) is 0 Å². The molecule has 4 heteroatoms. The van der Waals surface area contributed by atoms with Gasteiger partial charge < -0.3 is 5.11 Å². The van der Waals surface area contributed by atoms with Gasteiger partial charge in [-0.1, -0.05) is 31.5 Å². The van der Waals surface area contributed by atoms with Crippen molar-refractivity contribution in [3.8, 4) is 10.6 Å². The molecule has 0 amide bonds. The Hall–Kier alpha value is -1.68. The molecule has 2 aromatic rings. The Balaban J connectivity index is 2.57. The van der Waals surface area contributed by atoms with E-state index in [1.807, 2.05) is 39.0 Å². The number of carboxylic acids is 1. The second kappa shape index (κ2) is 5.53. The van der Waals surface area contributed by atoms with Crippen LogP contribution in [0.2, 0.25) is 0 Å². The number of aromatic carboxylic acids is 1. The summed E-state index contributed by atoms with van der Waals surface area (Å²) < 4.78 is 0. The molecule has 0 bridgehead atoms. The molecule has 0 fully saturated rings. The van der Waals surface area contributed by atoms with Gasteiger partial charge in [0.2, 0.25) is 0 Å². The summed E-state index contributed by atoms with van der Waals surface area (Å²) in [6.45, 7) is 6.09. The van der Waals surface area contributed by atoms with E-state index in [1.165, 1.54) is 11.3 Å². The van der Waals surface area contributed by atoms with E-state index in [4.69, 9.17) is 0 Å². The Morgan fingerprint density at radius 3 is 2.47 bits per heavy atom. The van der Waals surface area contributed by atoms with Gasteiger partial charge >= 0.3 is 5.97 Å². The third-order valence-corrected chi connectivity index (χ3v) is 4.18. The van der Waals surface area contributed by atoms with Gasteiger partial charge in [0.1, 0.15) is 9.88 Å². The Labute approximate surface area is 116 Å². The van der Waals surface area contributed by atoms with Crippen molar-refractivity contribution in [1.82, 2.24) is 4.98 Å². The van der Waals surface area contributed by atoms with Crippen LogP contribution in [0.4, 0.5) is 0 Å². The molecular weight excluding hydrogens is 258 g/mol. The third kappa shape index (κ3) is 2.68. The van der Waals surface area contributed by atoms with E-state index in [-0.39, 0.29) is 0 Å². The van der Waals surface area contributed by atoms with Crippen LogP contribution in [0, 0.1) is 13.8 Å². The van der Waals surface area contributed by atoms with E-state index in [9.17, 15) is 9.90 Å². The van der Waals surface area contributed by atoms with Crippen LogP contribution in [0.5, 0.6) is 0 Å². The fourth-order valence-electron chi connectivity index (χ4n) is 2.18. The van der Waals surface area contributed by atoms with Gasteiger partial charge in [-0.15, -0.1) is 11.3 Å². The minimum atomic E-state index is -0.876. The molecule has 0 unspecified atom stereocenters. The molecular formula is C15H17NO2S. The molecule has 100 valence electrons. The molecule has 0 aliphatic rings. The normalized spacial score (nSPS) is 10.7.